The van der Waals surface area contributed by atoms with Gasteiger partial charge in [-0.3, -0.25) is 0 Å². The maximum absolute atomic E-state index is 6.15. The predicted octanol–water partition coefficient (Wildman–Crippen LogP) is 2.45. The van der Waals surface area contributed by atoms with Crippen LogP contribution in [0.15, 0.2) is 18.2 Å². The zero-order chi connectivity index (χ0) is 12.9. The van der Waals surface area contributed by atoms with Gasteiger partial charge < -0.3 is 15.0 Å². The quantitative estimate of drug-likeness (QED) is 0.839. The van der Waals surface area contributed by atoms with Crippen LogP contribution in [-0.4, -0.2) is 22.3 Å². The highest BCUT2D eigenvalue weighted by Gasteiger charge is 2.40. The molecule has 0 aliphatic carbocycles. The van der Waals surface area contributed by atoms with Crippen LogP contribution in [0, 0.1) is 6.92 Å². The first-order chi connectivity index (χ1) is 8.54. The van der Waals surface area contributed by atoms with E-state index in [2.05, 4.69) is 48.5 Å². The van der Waals surface area contributed by atoms with Crippen molar-refractivity contribution in [2.45, 2.75) is 38.8 Å². The summed E-state index contributed by atoms with van der Waals surface area (Å²) in [6.45, 7) is 7.15. The van der Waals surface area contributed by atoms with Crippen LogP contribution in [0.2, 0.25) is 0 Å². The van der Waals surface area contributed by atoms with E-state index < -0.39 is 0 Å². The van der Waals surface area contributed by atoms with Crippen LogP contribution >= 0.6 is 0 Å². The second kappa shape index (κ2) is 3.72. The van der Waals surface area contributed by atoms with Crippen molar-refractivity contribution in [3.63, 3.8) is 0 Å². The number of hydrogen-bond donors (Lipinski definition) is 1. The van der Waals surface area contributed by atoms with E-state index in [1.165, 1.54) is 0 Å². The lowest BCUT2D eigenvalue weighted by Crippen LogP contribution is -2.37. The number of nitrogens with two attached hydrogens (primary N) is 1. The van der Waals surface area contributed by atoms with Crippen molar-refractivity contribution in [1.82, 2.24) is 9.55 Å². The molecular weight excluding hydrogens is 226 g/mol. The minimum absolute atomic E-state index is 0.105. The summed E-state index contributed by atoms with van der Waals surface area (Å²) in [5, 5.41) is 0. The Morgan fingerprint density at radius 1 is 1.50 bits per heavy atom. The lowest BCUT2D eigenvalue weighted by molar-refractivity contribution is 0.0783. The van der Waals surface area contributed by atoms with Crippen molar-refractivity contribution in [3.05, 3.63) is 23.8 Å². The Morgan fingerprint density at radius 3 is 2.94 bits per heavy atom. The van der Waals surface area contributed by atoms with Crippen molar-refractivity contribution in [1.29, 1.82) is 0 Å². The van der Waals surface area contributed by atoms with Crippen LogP contribution in [0.1, 0.15) is 25.8 Å². The average molecular weight is 245 g/mol. The molecule has 1 aromatic heterocycles. The SMILES string of the molecule is Cc1cccc2c1nc(N)n2C1(C)CCOC1C. The zero-order valence-corrected chi connectivity index (χ0v) is 11.1. The highest BCUT2D eigenvalue weighted by molar-refractivity contribution is 5.82. The molecule has 0 saturated carbocycles. The van der Waals surface area contributed by atoms with Gasteiger partial charge in [0, 0.05) is 6.61 Å². The number of nitrogen functional groups attached to an aromatic ring is 1. The zero-order valence-electron chi connectivity index (χ0n) is 11.1. The molecule has 1 aliphatic heterocycles. The van der Waals surface area contributed by atoms with Gasteiger partial charge >= 0.3 is 0 Å². The van der Waals surface area contributed by atoms with Crippen molar-refractivity contribution in [2.24, 2.45) is 0 Å². The van der Waals surface area contributed by atoms with Gasteiger partial charge in [0.05, 0.1) is 22.7 Å². The second-order valence-electron chi connectivity index (χ2n) is 5.37. The van der Waals surface area contributed by atoms with Gasteiger partial charge in [0.25, 0.3) is 0 Å². The maximum Gasteiger partial charge on any atom is 0.201 e. The molecule has 0 spiro atoms. The van der Waals surface area contributed by atoms with E-state index in [4.69, 9.17) is 10.5 Å². The Labute approximate surface area is 107 Å². The molecule has 2 N–H and O–H groups in total. The molecular formula is C14H19N3O. The fraction of sp³-hybridized carbons (Fsp3) is 0.500. The number of benzene rings is 1. The largest absolute Gasteiger partial charge is 0.376 e. The van der Waals surface area contributed by atoms with Crippen molar-refractivity contribution >= 4 is 17.0 Å². The van der Waals surface area contributed by atoms with E-state index in [1.807, 2.05) is 0 Å². The average Bonchev–Trinajstić information content (AvgIpc) is 2.82. The van der Waals surface area contributed by atoms with Crippen LogP contribution in [0.3, 0.4) is 0 Å². The molecule has 1 aromatic carbocycles. The molecule has 96 valence electrons. The van der Waals surface area contributed by atoms with Crippen molar-refractivity contribution < 1.29 is 4.74 Å². The Bertz CT molecular complexity index is 604. The number of nitrogens with zero attached hydrogens (tertiary/aromatic N) is 2. The Balaban J connectivity index is 2.29. The normalized spacial score (nSPS) is 28.1. The molecule has 4 nitrogen and oxygen atoms in total. The van der Waals surface area contributed by atoms with Crippen LogP contribution < -0.4 is 5.73 Å². The van der Waals surface area contributed by atoms with Gasteiger partial charge in [-0.1, -0.05) is 12.1 Å². The molecule has 0 radical (unpaired) electrons. The number of imidazole rings is 1. The third-order valence-electron chi connectivity index (χ3n) is 4.28. The standard InChI is InChI=1S/C14H19N3O/c1-9-5-4-6-11-12(9)16-13(15)17(11)14(3)7-8-18-10(14)2/h4-6,10H,7-8H2,1-3H3,(H2,15,16). The number of hydrogen-bond acceptors (Lipinski definition) is 3. The molecule has 2 heterocycles. The van der Waals surface area contributed by atoms with Gasteiger partial charge in [-0.15, -0.1) is 0 Å². The summed E-state index contributed by atoms with van der Waals surface area (Å²) in [4.78, 5) is 4.52. The summed E-state index contributed by atoms with van der Waals surface area (Å²) in [7, 11) is 0. The molecule has 2 aromatic rings. The van der Waals surface area contributed by atoms with E-state index in [-0.39, 0.29) is 11.6 Å². The Kier molecular flexibility index (Phi) is 2.38. The third kappa shape index (κ3) is 1.38. The molecule has 3 rings (SSSR count). The summed E-state index contributed by atoms with van der Waals surface area (Å²) in [6.07, 6.45) is 1.12. The summed E-state index contributed by atoms with van der Waals surface area (Å²) in [6, 6.07) is 6.21. The highest BCUT2D eigenvalue weighted by Crippen LogP contribution is 2.38. The van der Waals surface area contributed by atoms with E-state index in [1.54, 1.807) is 0 Å². The molecule has 18 heavy (non-hydrogen) atoms. The van der Waals surface area contributed by atoms with E-state index in [0.717, 1.165) is 29.6 Å². The van der Waals surface area contributed by atoms with Gasteiger partial charge in [0.15, 0.2) is 0 Å². The van der Waals surface area contributed by atoms with Crippen LogP contribution in [0.5, 0.6) is 0 Å². The maximum atomic E-state index is 6.15. The number of ether oxygens (including phenoxy) is 1. The van der Waals surface area contributed by atoms with Crippen molar-refractivity contribution in [2.75, 3.05) is 12.3 Å². The number of para-hydroxylation sites is 1. The first-order valence-electron chi connectivity index (χ1n) is 6.39. The molecule has 1 saturated heterocycles. The van der Waals surface area contributed by atoms with Crippen LogP contribution in [0.25, 0.3) is 11.0 Å². The summed E-state index contributed by atoms with van der Waals surface area (Å²) in [5.74, 6) is 0.583. The lowest BCUT2D eigenvalue weighted by atomic mass is 9.94. The monoisotopic (exact) mass is 245 g/mol. The lowest BCUT2D eigenvalue weighted by Gasteiger charge is -2.31. The molecule has 0 amide bonds. The predicted molar refractivity (Wildman–Crippen MR) is 72.6 cm³/mol. The number of anilines is 1. The second-order valence-corrected chi connectivity index (χ2v) is 5.37. The third-order valence-corrected chi connectivity index (χ3v) is 4.28. The van der Waals surface area contributed by atoms with Crippen LogP contribution in [-0.2, 0) is 10.3 Å². The summed E-state index contributed by atoms with van der Waals surface area (Å²) in [5.41, 5.74) is 9.30. The van der Waals surface area contributed by atoms with E-state index in [0.29, 0.717) is 5.95 Å². The minimum Gasteiger partial charge on any atom is -0.376 e. The number of aryl methyl sites for hydroxylation is 1. The highest BCUT2D eigenvalue weighted by atomic mass is 16.5. The molecule has 1 aliphatic rings. The molecule has 2 atom stereocenters. The molecule has 0 bridgehead atoms. The van der Waals surface area contributed by atoms with E-state index in [9.17, 15) is 0 Å². The van der Waals surface area contributed by atoms with Gasteiger partial charge in [0.1, 0.15) is 0 Å². The van der Waals surface area contributed by atoms with E-state index >= 15 is 0 Å². The smallest absolute Gasteiger partial charge is 0.201 e. The van der Waals surface area contributed by atoms with Gasteiger partial charge in [-0.05, 0) is 38.8 Å². The fourth-order valence-electron chi connectivity index (χ4n) is 2.91. The van der Waals surface area contributed by atoms with Gasteiger partial charge in [0.2, 0.25) is 5.95 Å². The topological polar surface area (TPSA) is 53.1 Å². The minimum atomic E-state index is -0.105. The Morgan fingerprint density at radius 2 is 2.28 bits per heavy atom. The molecule has 1 fully saturated rings. The molecule has 4 heteroatoms. The summed E-state index contributed by atoms with van der Waals surface area (Å²) < 4.78 is 7.87. The Hall–Kier alpha value is -1.55. The first kappa shape index (κ1) is 11.5. The first-order valence-corrected chi connectivity index (χ1v) is 6.39. The number of rotatable bonds is 1. The summed E-state index contributed by atoms with van der Waals surface area (Å²) >= 11 is 0. The number of aromatic nitrogens is 2. The van der Waals surface area contributed by atoms with Crippen LogP contribution in [0.4, 0.5) is 5.95 Å². The van der Waals surface area contributed by atoms with Crippen molar-refractivity contribution in [3.8, 4) is 0 Å². The number of fused-ring (bicyclic) bond motifs is 1. The van der Waals surface area contributed by atoms with Gasteiger partial charge in [-0.2, -0.15) is 0 Å². The molecule has 2 unspecified atom stereocenters. The van der Waals surface area contributed by atoms with Gasteiger partial charge in [-0.25, -0.2) is 4.98 Å². The fourth-order valence-corrected chi connectivity index (χ4v) is 2.91.